The van der Waals surface area contributed by atoms with E-state index in [0.29, 0.717) is 24.6 Å². The van der Waals surface area contributed by atoms with Crippen LogP contribution in [0.15, 0.2) is 12.4 Å². The quantitative estimate of drug-likeness (QED) is 0.481. The third kappa shape index (κ3) is 4.17. The van der Waals surface area contributed by atoms with Gasteiger partial charge in [0.2, 0.25) is 5.91 Å². The number of nitrogens with zero attached hydrogens (tertiary/aromatic N) is 3. The highest BCUT2D eigenvalue weighted by molar-refractivity contribution is 5.76. The van der Waals surface area contributed by atoms with Crippen LogP contribution < -0.4 is 16.6 Å². The summed E-state index contributed by atoms with van der Waals surface area (Å²) in [6.45, 7) is 5.94. The number of hydrazine groups is 1. The predicted octanol–water partition coefficient (Wildman–Crippen LogP) is 0.433. The van der Waals surface area contributed by atoms with Gasteiger partial charge in [0.1, 0.15) is 5.82 Å². The molecule has 18 heavy (non-hydrogen) atoms. The van der Waals surface area contributed by atoms with E-state index in [0.717, 1.165) is 13.1 Å². The molecular weight excluding hydrogens is 232 g/mol. The zero-order chi connectivity index (χ0) is 13.4. The first-order valence-corrected chi connectivity index (χ1v) is 6.01. The second-order valence-corrected chi connectivity index (χ2v) is 3.68. The number of carbonyl (C=O) groups is 1. The fraction of sp³-hybridized carbons (Fsp3) is 0.545. The van der Waals surface area contributed by atoms with Crippen LogP contribution in [0.1, 0.15) is 20.3 Å². The molecule has 0 atom stereocenters. The van der Waals surface area contributed by atoms with Gasteiger partial charge in [0.15, 0.2) is 5.82 Å². The Bertz CT molecular complexity index is 380. The summed E-state index contributed by atoms with van der Waals surface area (Å²) in [5.41, 5.74) is 2.41. The first kappa shape index (κ1) is 14.2. The van der Waals surface area contributed by atoms with Gasteiger partial charge in [0.05, 0.1) is 12.4 Å². The van der Waals surface area contributed by atoms with Gasteiger partial charge in [-0.05, 0) is 13.8 Å². The molecule has 4 N–H and O–H groups in total. The molecule has 1 aromatic heterocycles. The number of amides is 1. The Balaban J connectivity index is 2.39. The van der Waals surface area contributed by atoms with E-state index >= 15 is 0 Å². The minimum absolute atomic E-state index is 0.133. The average Bonchev–Trinajstić information content (AvgIpc) is 2.40. The van der Waals surface area contributed by atoms with Crippen molar-refractivity contribution in [1.29, 1.82) is 0 Å². The molecule has 1 aromatic rings. The Hall–Kier alpha value is -1.89. The fourth-order valence-electron chi connectivity index (χ4n) is 1.55. The topological polar surface area (TPSA) is 96.2 Å². The van der Waals surface area contributed by atoms with Gasteiger partial charge in [-0.2, -0.15) is 0 Å². The highest BCUT2D eigenvalue weighted by Gasteiger charge is 2.08. The molecule has 0 aliphatic carbocycles. The van der Waals surface area contributed by atoms with Gasteiger partial charge in [-0.3, -0.25) is 9.78 Å². The molecule has 1 amide bonds. The Morgan fingerprint density at radius 1 is 1.33 bits per heavy atom. The minimum atomic E-state index is 0.133. The van der Waals surface area contributed by atoms with Gasteiger partial charge in [-0.1, -0.05) is 0 Å². The van der Waals surface area contributed by atoms with E-state index in [9.17, 15) is 4.79 Å². The molecule has 0 saturated heterocycles. The number of hydrogen-bond acceptors (Lipinski definition) is 6. The molecule has 0 unspecified atom stereocenters. The zero-order valence-electron chi connectivity index (χ0n) is 10.8. The first-order chi connectivity index (χ1) is 8.71. The molecule has 0 aromatic carbocycles. The second-order valence-electron chi connectivity index (χ2n) is 3.68. The molecule has 7 nitrogen and oxygen atoms in total. The van der Waals surface area contributed by atoms with E-state index in [1.165, 1.54) is 6.20 Å². The van der Waals surface area contributed by atoms with E-state index < -0.39 is 0 Å². The van der Waals surface area contributed by atoms with E-state index in [4.69, 9.17) is 5.84 Å². The van der Waals surface area contributed by atoms with E-state index in [-0.39, 0.29) is 5.91 Å². The van der Waals surface area contributed by atoms with Gasteiger partial charge in [0, 0.05) is 26.1 Å². The van der Waals surface area contributed by atoms with Crippen LogP contribution in [-0.4, -0.2) is 40.4 Å². The molecule has 1 heterocycles. The first-order valence-electron chi connectivity index (χ1n) is 6.01. The van der Waals surface area contributed by atoms with Crippen LogP contribution >= 0.6 is 0 Å². The second kappa shape index (κ2) is 7.44. The van der Waals surface area contributed by atoms with Gasteiger partial charge in [-0.15, -0.1) is 0 Å². The lowest BCUT2D eigenvalue weighted by Gasteiger charge is -2.18. The van der Waals surface area contributed by atoms with Gasteiger partial charge >= 0.3 is 0 Å². The van der Waals surface area contributed by atoms with Crippen molar-refractivity contribution in [2.75, 3.05) is 30.4 Å². The summed E-state index contributed by atoms with van der Waals surface area (Å²) >= 11 is 0. The van der Waals surface area contributed by atoms with Crippen LogP contribution in [-0.2, 0) is 4.79 Å². The summed E-state index contributed by atoms with van der Waals surface area (Å²) < 4.78 is 0. The molecule has 7 heteroatoms. The third-order valence-electron chi connectivity index (χ3n) is 2.54. The predicted molar refractivity (Wildman–Crippen MR) is 70.9 cm³/mol. The Morgan fingerprint density at radius 3 is 2.61 bits per heavy atom. The summed E-state index contributed by atoms with van der Waals surface area (Å²) in [6, 6.07) is 0. The maximum absolute atomic E-state index is 11.7. The summed E-state index contributed by atoms with van der Waals surface area (Å²) in [6.07, 6.45) is 3.54. The van der Waals surface area contributed by atoms with Gasteiger partial charge < -0.3 is 15.6 Å². The molecule has 0 bridgehead atoms. The van der Waals surface area contributed by atoms with Crippen molar-refractivity contribution in [3.8, 4) is 0 Å². The largest absolute Gasteiger partial charge is 0.368 e. The molecule has 0 radical (unpaired) electrons. The lowest BCUT2D eigenvalue weighted by atomic mass is 10.3. The van der Waals surface area contributed by atoms with Crippen LogP contribution in [0, 0.1) is 0 Å². The fourth-order valence-corrected chi connectivity index (χ4v) is 1.55. The van der Waals surface area contributed by atoms with Gasteiger partial charge in [-0.25, -0.2) is 10.8 Å². The number of nitrogens with one attached hydrogen (secondary N) is 2. The molecule has 0 saturated carbocycles. The molecule has 1 rings (SSSR count). The summed E-state index contributed by atoms with van der Waals surface area (Å²) in [4.78, 5) is 21.6. The third-order valence-corrected chi connectivity index (χ3v) is 2.54. The van der Waals surface area contributed by atoms with Crippen molar-refractivity contribution in [3.63, 3.8) is 0 Å². The van der Waals surface area contributed by atoms with Crippen molar-refractivity contribution in [2.24, 2.45) is 5.84 Å². The Morgan fingerprint density at radius 2 is 2.00 bits per heavy atom. The summed E-state index contributed by atoms with van der Waals surface area (Å²) in [7, 11) is 0. The molecule has 0 spiro atoms. The normalized spacial score (nSPS) is 9.94. The number of carbonyl (C=O) groups excluding carboxylic acids is 1. The van der Waals surface area contributed by atoms with Crippen molar-refractivity contribution < 1.29 is 4.79 Å². The SMILES string of the molecule is CCN(CC)C(=O)CCNc1cncc(NN)n1. The number of rotatable bonds is 7. The Labute approximate surface area is 107 Å². The molecule has 0 aliphatic rings. The molecule has 100 valence electrons. The summed E-state index contributed by atoms with van der Waals surface area (Å²) in [5.74, 6) is 6.44. The average molecular weight is 252 g/mol. The van der Waals surface area contributed by atoms with E-state index in [2.05, 4.69) is 20.7 Å². The highest BCUT2D eigenvalue weighted by Crippen LogP contribution is 2.05. The van der Waals surface area contributed by atoms with Crippen molar-refractivity contribution >= 4 is 17.5 Å². The number of nitrogens with two attached hydrogens (primary N) is 1. The lowest BCUT2D eigenvalue weighted by Crippen LogP contribution is -2.31. The smallest absolute Gasteiger partial charge is 0.224 e. The maximum Gasteiger partial charge on any atom is 0.224 e. The van der Waals surface area contributed by atoms with Crippen LogP contribution in [0.25, 0.3) is 0 Å². The van der Waals surface area contributed by atoms with Crippen LogP contribution in [0.4, 0.5) is 11.6 Å². The number of hydrogen-bond donors (Lipinski definition) is 3. The minimum Gasteiger partial charge on any atom is -0.368 e. The highest BCUT2D eigenvalue weighted by atomic mass is 16.2. The van der Waals surface area contributed by atoms with Crippen LogP contribution in [0.3, 0.4) is 0 Å². The van der Waals surface area contributed by atoms with Crippen molar-refractivity contribution in [3.05, 3.63) is 12.4 Å². The maximum atomic E-state index is 11.7. The lowest BCUT2D eigenvalue weighted by molar-refractivity contribution is -0.130. The number of aromatic nitrogens is 2. The van der Waals surface area contributed by atoms with Crippen LogP contribution in [0.2, 0.25) is 0 Å². The zero-order valence-corrected chi connectivity index (χ0v) is 10.8. The van der Waals surface area contributed by atoms with Crippen molar-refractivity contribution in [2.45, 2.75) is 20.3 Å². The van der Waals surface area contributed by atoms with Crippen LogP contribution in [0.5, 0.6) is 0 Å². The standard InChI is InChI=1S/C11H20N6O/c1-3-17(4-2)11(18)5-6-14-9-7-13-8-10(15-9)16-12/h7-8H,3-6,12H2,1-2H3,(H2,14,15,16). The number of nitrogen functional groups attached to an aromatic ring is 1. The van der Waals surface area contributed by atoms with E-state index in [1.54, 1.807) is 11.1 Å². The monoisotopic (exact) mass is 252 g/mol. The molecular formula is C11H20N6O. The number of anilines is 2. The summed E-state index contributed by atoms with van der Waals surface area (Å²) in [5, 5.41) is 3.04. The Kier molecular flexibility index (Phi) is 5.86. The van der Waals surface area contributed by atoms with Gasteiger partial charge in [0.25, 0.3) is 0 Å². The van der Waals surface area contributed by atoms with Crippen molar-refractivity contribution in [1.82, 2.24) is 14.9 Å². The molecule has 0 fully saturated rings. The van der Waals surface area contributed by atoms with E-state index in [1.807, 2.05) is 13.8 Å². The molecule has 0 aliphatic heterocycles.